The van der Waals surface area contributed by atoms with Crippen LogP contribution in [0.1, 0.15) is 38.5 Å². The number of hydrogen-bond acceptors (Lipinski definition) is 5. The number of benzene rings is 1. The van der Waals surface area contributed by atoms with Crippen molar-refractivity contribution in [3.05, 3.63) is 24.3 Å². The number of carbonyl (C=O) groups excluding carboxylic acids is 1. The lowest BCUT2D eigenvalue weighted by atomic mass is 9.85. The highest BCUT2D eigenvalue weighted by Crippen LogP contribution is 2.28. The van der Waals surface area contributed by atoms with Gasteiger partial charge in [-0.25, -0.2) is 8.42 Å². The number of sulfonamides is 1. The van der Waals surface area contributed by atoms with E-state index in [0.29, 0.717) is 18.1 Å². The molecule has 1 aromatic rings. The molecule has 0 amide bonds. The van der Waals surface area contributed by atoms with Gasteiger partial charge >= 0.3 is 5.97 Å². The number of nitrogens with one attached hydrogen (secondary N) is 1. The predicted octanol–water partition coefficient (Wildman–Crippen LogP) is 2.49. The maximum atomic E-state index is 12.5. The minimum atomic E-state index is -3.80. The van der Waals surface area contributed by atoms with Crippen LogP contribution in [-0.4, -0.2) is 34.6 Å². The predicted molar refractivity (Wildman–Crippen MR) is 90.3 cm³/mol. The molecule has 24 heavy (non-hydrogen) atoms. The molecule has 1 fully saturated rings. The molecule has 2 rings (SSSR count). The van der Waals surface area contributed by atoms with E-state index >= 15 is 0 Å². The second-order valence-corrected chi connectivity index (χ2v) is 7.83. The van der Waals surface area contributed by atoms with Gasteiger partial charge in [-0.2, -0.15) is 4.72 Å². The molecule has 7 heteroatoms. The number of ether oxygens (including phenoxy) is 2. The van der Waals surface area contributed by atoms with Crippen molar-refractivity contribution in [2.75, 3.05) is 14.2 Å². The van der Waals surface area contributed by atoms with Crippen LogP contribution in [-0.2, 0) is 19.6 Å². The Morgan fingerprint density at radius 3 is 2.33 bits per heavy atom. The second-order valence-electron chi connectivity index (χ2n) is 6.11. The number of hydrogen-bond donors (Lipinski definition) is 1. The SMILES string of the molecule is COC(=O)C(CC1CCCCC1)NS(=O)(=O)c1ccc(OC)cc1. The summed E-state index contributed by atoms with van der Waals surface area (Å²) in [4.78, 5) is 12.1. The minimum Gasteiger partial charge on any atom is -0.497 e. The summed E-state index contributed by atoms with van der Waals surface area (Å²) in [5, 5.41) is 0. The van der Waals surface area contributed by atoms with Crippen LogP contribution in [0.3, 0.4) is 0 Å². The van der Waals surface area contributed by atoms with Crippen LogP contribution in [0.4, 0.5) is 0 Å². The van der Waals surface area contributed by atoms with E-state index in [4.69, 9.17) is 9.47 Å². The topological polar surface area (TPSA) is 81.7 Å². The van der Waals surface area contributed by atoms with Crippen LogP contribution in [0, 0.1) is 5.92 Å². The van der Waals surface area contributed by atoms with Gasteiger partial charge in [-0.05, 0) is 36.6 Å². The van der Waals surface area contributed by atoms with Gasteiger partial charge in [0.2, 0.25) is 10.0 Å². The monoisotopic (exact) mass is 355 g/mol. The van der Waals surface area contributed by atoms with Crippen LogP contribution in [0.25, 0.3) is 0 Å². The molecule has 0 radical (unpaired) electrons. The fraction of sp³-hybridized carbons (Fsp3) is 0.588. The molecule has 0 heterocycles. The van der Waals surface area contributed by atoms with Gasteiger partial charge in [0.1, 0.15) is 11.8 Å². The fourth-order valence-electron chi connectivity index (χ4n) is 3.10. The molecule has 1 N–H and O–H groups in total. The third-order valence-corrected chi connectivity index (χ3v) is 5.93. The molecule has 1 saturated carbocycles. The first-order valence-corrected chi connectivity index (χ1v) is 9.69. The molecule has 0 aromatic heterocycles. The first-order chi connectivity index (χ1) is 11.5. The van der Waals surface area contributed by atoms with Crippen molar-refractivity contribution in [1.82, 2.24) is 4.72 Å². The van der Waals surface area contributed by atoms with Crippen molar-refractivity contribution < 1.29 is 22.7 Å². The summed E-state index contributed by atoms with van der Waals surface area (Å²) in [6, 6.07) is 5.20. The maximum Gasteiger partial charge on any atom is 0.323 e. The minimum absolute atomic E-state index is 0.0980. The molecule has 1 aliphatic carbocycles. The molecule has 6 nitrogen and oxygen atoms in total. The van der Waals surface area contributed by atoms with Crippen LogP contribution >= 0.6 is 0 Å². The third-order valence-electron chi connectivity index (χ3n) is 4.45. The van der Waals surface area contributed by atoms with E-state index in [1.54, 1.807) is 12.1 Å². The standard InChI is InChI=1S/C17H25NO5S/c1-22-14-8-10-15(11-9-14)24(20,21)18-16(17(19)23-2)12-13-6-4-3-5-7-13/h8-11,13,16,18H,3-7,12H2,1-2H3. The molecule has 1 unspecified atom stereocenters. The molecule has 134 valence electrons. The van der Waals surface area contributed by atoms with Gasteiger partial charge in [-0.3, -0.25) is 4.79 Å². The third kappa shape index (κ3) is 4.95. The molecule has 0 spiro atoms. The summed E-state index contributed by atoms with van der Waals surface area (Å²) >= 11 is 0. The highest BCUT2D eigenvalue weighted by Gasteiger charge is 2.29. The van der Waals surface area contributed by atoms with Gasteiger partial charge in [0, 0.05) is 0 Å². The quantitative estimate of drug-likeness (QED) is 0.760. The molecule has 0 aliphatic heterocycles. The van der Waals surface area contributed by atoms with Gasteiger partial charge in [-0.1, -0.05) is 32.1 Å². The van der Waals surface area contributed by atoms with Crippen molar-refractivity contribution >= 4 is 16.0 Å². The number of rotatable bonds is 7. The Balaban J connectivity index is 2.12. The lowest BCUT2D eigenvalue weighted by Crippen LogP contribution is -2.42. The van der Waals surface area contributed by atoms with Gasteiger partial charge in [0.25, 0.3) is 0 Å². The highest BCUT2D eigenvalue weighted by atomic mass is 32.2. The normalized spacial score (nSPS) is 17.2. The Morgan fingerprint density at radius 1 is 1.17 bits per heavy atom. The van der Waals surface area contributed by atoms with Gasteiger partial charge in [0.15, 0.2) is 0 Å². The summed E-state index contributed by atoms with van der Waals surface area (Å²) in [6.45, 7) is 0. The lowest BCUT2D eigenvalue weighted by molar-refractivity contribution is -0.143. The van der Waals surface area contributed by atoms with Crippen LogP contribution in [0.15, 0.2) is 29.2 Å². The molecule has 1 aliphatic rings. The zero-order valence-electron chi connectivity index (χ0n) is 14.2. The summed E-state index contributed by atoms with van der Waals surface area (Å²) < 4.78 is 37.4. The van der Waals surface area contributed by atoms with E-state index in [9.17, 15) is 13.2 Å². The average Bonchev–Trinajstić information content (AvgIpc) is 2.61. The Labute approximate surface area is 143 Å². The summed E-state index contributed by atoms with van der Waals surface area (Å²) in [7, 11) is -1.01. The Bertz CT molecular complexity index is 635. The zero-order chi connectivity index (χ0) is 17.6. The fourth-order valence-corrected chi connectivity index (χ4v) is 4.30. The zero-order valence-corrected chi connectivity index (χ0v) is 15.0. The largest absolute Gasteiger partial charge is 0.497 e. The van der Waals surface area contributed by atoms with E-state index in [0.717, 1.165) is 25.7 Å². The van der Waals surface area contributed by atoms with Crippen molar-refractivity contribution in [1.29, 1.82) is 0 Å². The first-order valence-electron chi connectivity index (χ1n) is 8.20. The molecule has 1 aromatic carbocycles. The van der Waals surface area contributed by atoms with E-state index in [-0.39, 0.29) is 4.90 Å². The first kappa shape index (κ1) is 18.7. The number of esters is 1. The number of methoxy groups -OCH3 is 2. The van der Waals surface area contributed by atoms with Crippen LogP contribution in [0.5, 0.6) is 5.75 Å². The smallest absolute Gasteiger partial charge is 0.323 e. The van der Waals surface area contributed by atoms with Crippen molar-refractivity contribution in [3.8, 4) is 5.75 Å². The van der Waals surface area contributed by atoms with Crippen LogP contribution in [0.2, 0.25) is 0 Å². The highest BCUT2D eigenvalue weighted by molar-refractivity contribution is 7.89. The van der Waals surface area contributed by atoms with Gasteiger partial charge in [-0.15, -0.1) is 0 Å². The van der Waals surface area contributed by atoms with Gasteiger partial charge in [0.05, 0.1) is 19.1 Å². The average molecular weight is 355 g/mol. The Hall–Kier alpha value is -1.60. The van der Waals surface area contributed by atoms with Gasteiger partial charge < -0.3 is 9.47 Å². The summed E-state index contributed by atoms with van der Waals surface area (Å²) in [5.41, 5.74) is 0. The maximum absolute atomic E-state index is 12.5. The van der Waals surface area contributed by atoms with E-state index in [1.165, 1.54) is 32.8 Å². The van der Waals surface area contributed by atoms with E-state index in [1.807, 2.05) is 0 Å². The lowest BCUT2D eigenvalue weighted by Gasteiger charge is -2.25. The van der Waals surface area contributed by atoms with E-state index < -0.39 is 22.0 Å². The Kier molecular flexibility index (Phi) is 6.62. The number of carbonyl (C=O) groups is 1. The van der Waals surface area contributed by atoms with Crippen molar-refractivity contribution in [3.63, 3.8) is 0 Å². The molecular formula is C17H25NO5S. The molecule has 0 saturated heterocycles. The van der Waals surface area contributed by atoms with E-state index in [2.05, 4.69) is 4.72 Å². The summed E-state index contributed by atoms with van der Waals surface area (Å²) in [5.74, 6) is 0.375. The van der Waals surface area contributed by atoms with Crippen molar-refractivity contribution in [2.24, 2.45) is 5.92 Å². The second kappa shape index (κ2) is 8.48. The molecular weight excluding hydrogens is 330 g/mol. The molecule has 1 atom stereocenters. The van der Waals surface area contributed by atoms with Crippen molar-refractivity contribution in [2.45, 2.75) is 49.5 Å². The van der Waals surface area contributed by atoms with Crippen LogP contribution < -0.4 is 9.46 Å². The summed E-state index contributed by atoms with van der Waals surface area (Å²) in [6.07, 6.45) is 5.99. The Morgan fingerprint density at radius 2 is 1.79 bits per heavy atom. The molecule has 0 bridgehead atoms.